The number of nitriles is 1. The van der Waals surface area contributed by atoms with Crippen molar-refractivity contribution >= 4 is 44.9 Å². The molecule has 1 aromatic carbocycles. The summed E-state index contributed by atoms with van der Waals surface area (Å²) in [6, 6.07) is 7.34. The van der Waals surface area contributed by atoms with Crippen LogP contribution in [0.15, 0.2) is 53.0 Å². The molecule has 1 aliphatic heterocycles. The van der Waals surface area contributed by atoms with Crippen LogP contribution in [-0.2, 0) is 19.4 Å². The summed E-state index contributed by atoms with van der Waals surface area (Å²) in [5.41, 5.74) is -0.839. The monoisotopic (exact) mass is 547 g/mol. The summed E-state index contributed by atoms with van der Waals surface area (Å²) in [6.07, 6.45) is 9.49. The highest BCUT2D eigenvalue weighted by molar-refractivity contribution is 7.92. The normalized spacial score (nSPS) is 28.0. The summed E-state index contributed by atoms with van der Waals surface area (Å²) in [6.45, 7) is -0.110. The molecule has 2 saturated carbocycles. The molecule has 2 amide bonds. The standard InChI is InChI=1S/C26H27Cl2N3O4S/c27-18-8-6-17(7-9-18)26(10-3-11-26)24(33)31-15-19(36(34,35)22-5-2-1-4-20(22)28)14-21(31)23(32)30-25(16-29)12-13-25/h1-2,4-8,18-19,21H,3,9-15H2,(H,30,32)/t18?,19-,21+/m1/s1. The fourth-order valence-corrected chi connectivity index (χ4v) is 7.82. The van der Waals surface area contributed by atoms with E-state index in [-0.39, 0.29) is 34.2 Å². The molecule has 4 aliphatic rings. The van der Waals surface area contributed by atoms with Crippen LogP contribution in [0.4, 0.5) is 0 Å². The van der Waals surface area contributed by atoms with E-state index in [0.29, 0.717) is 32.1 Å². The molecule has 36 heavy (non-hydrogen) atoms. The van der Waals surface area contributed by atoms with Crippen molar-refractivity contribution in [1.29, 1.82) is 5.26 Å². The number of hydrogen-bond donors (Lipinski definition) is 1. The van der Waals surface area contributed by atoms with Crippen molar-refractivity contribution < 1.29 is 18.0 Å². The van der Waals surface area contributed by atoms with Gasteiger partial charge in [0, 0.05) is 6.54 Å². The van der Waals surface area contributed by atoms with Crippen LogP contribution in [0.2, 0.25) is 5.02 Å². The van der Waals surface area contributed by atoms with Gasteiger partial charge in [-0.3, -0.25) is 9.59 Å². The maximum Gasteiger partial charge on any atom is 0.244 e. The smallest absolute Gasteiger partial charge is 0.244 e. The highest BCUT2D eigenvalue weighted by Gasteiger charge is 2.55. The van der Waals surface area contributed by atoms with E-state index in [9.17, 15) is 23.3 Å². The number of allylic oxidation sites excluding steroid dienone is 3. The van der Waals surface area contributed by atoms with Crippen LogP contribution in [-0.4, -0.2) is 53.9 Å². The summed E-state index contributed by atoms with van der Waals surface area (Å²) >= 11 is 12.4. The number of alkyl halides is 1. The number of carbonyl (C=O) groups excluding carboxylic acids is 2. The lowest BCUT2D eigenvalue weighted by molar-refractivity contribution is -0.148. The number of amides is 2. The van der Waals surface area contributed by atoms with Crippen molar-refractivity contribution in [2.24, 2.45) is 5.41 Å². The Morgan fingerprint density at radius 2 is 1.89 bits per heavy atom. The average molecular weight is 548 g/mol. The van der Waals surface area contributed by atoms with E-state index in [1.165, 1.54) is 17.0 Å². The molecule has 0 bridgehead atoms. The summed E-state index contributed by atoms with van der Waals surface area (Å²) in [5.74, 6) is -0.723. The average Bonchev–Trinajstić information content (AvgIpc) is 3.44. The van der Waals surface area contributed by atoms with Gasteiger partial charge in [0.1, 0.15) is 11.6 Å². The van der Waals surface area contributed by atoms with Gasteiger partial charge in [0.2, 0.25) is 11.8 Å². The highest BCUT2D eigenvalue weighted by atomic mass is 35.5. The first-order chi connectivity index (χ1) is 17.1. The predicted molar refractivity (Wildman–Crippen MR) is 136 cm³/mol. The van der Waals surface area contributed by atoms with E-state index in [1.807, 2.05) is 18.2 Å². The second-order valence-corrected chi connectivity index (χ2v) is 13.4. The topological polar surface area (TPSA) is 107 Å². The van der Waals surface area contributed by atoms with E-state index < -0.39 is 38.0 Å². The lowest BCUT2D eigenvalue weighted by atomic mass is 9.62. The Labute approximate surface area is 221 Å². The van der Waals surface area contributed by atoms with Gasteiger partial charge in [-0.2, -0.15) is 5.26 Å². The van der Waals surface area contributed by atoms with E-state index in [1.54, 1.807) is 12.1 Å². The Hall–Kier alpha value is -2.34. The molecule has 1 saturated heterocycles. The Balaban J connectivity index is 1.48. The van der Waals surface area contributed by atoms with Crippen LogP contribution in [0.1, 0.15) is 44.9 Å². The second-order valence-electron chi connectivity index (χ2n) is 10.2. The molecule has 1 heterocycles. The molecule has 1 N–H and O–H groups in total. The minimum atomic E-state index is -3.92. The molecule has 1 aromatic rings. The van der Waals surface area contributed by atoms with Crippen LogP contribution < -0.4 is 5.32 Å². The molecule has 3 fully saturated rings. The molecule has 7 nitrogen and oxygen atoms in total. The van der Waals surface area contributed by atoms with Crippen LogP contribution in [0.25, 0.3) is 0 Å². The van der Waals surface area contributed by atoms with Crippen LogP contribution in [0, 0.1) is 16.7 Å². The Bertz CT molecular complexity index is 1310. The van der Waals surface area contributed by atoms with Crippen molar-refractivity contribution in [2.45, 2.75) is 72.0 Å². The van der Waals surface area contributed by atoms with E-state index in [2.05, 4.69) is 11.4 Å². The Morgan fingerprint density at radius 1 is 1.17 bits per heavy atom. The van der Waals surface area contributed by atoms with E-state index in [0.717, 1.165) is 12.0 Å². The fraction of sp³-hybridized carbons (Fsp3) is 0.500. The third-order valence-electron chi connectivity index (χ3n) is 7.95. The van der Waals surface area contributed by atoms with Crippen molar-refractivity contribution in [1.82, 2.24) is 10.2 Å². The van der Waals surface area contributed by atoms with Crippen LogP contribution in [0.5, 0.6) is 0 Å². The van der Waals surface area contributed by atoms with Crippen LogP contribution >= 0.6 is 23.2 Å². The summed E-state index contributed by atoms with van der Waals surface area (Å²) in [5, 5.41) is 11.2. The highest BCUT2D eigenvalue weighted by Crippen LogP contribution is 2.51. The molecule has 190 valence electrons. The van der Waals surface area contributed by atoms with Gasteiger partial charge >= 0.3 is 0 Å². The second kappa shape index (κ2) is 9.20. The van der Waals surface area contributed by atoms with Crippen molar-refractivity contribution in [2.75, 3.05) is 6.54 Å². The fourth-order valence-electron chi connectivity index (χ4n) is 5.44. The third-order valence-corrected chi connectivity index (χ3v) is 10.9. The molecule has 3 atom stereocenters. The SMILES string of the molecule is N#CC1(NC(=O)[C@@H]2C[C@@H](S(=O)(=O)c3ccccc3Cl)CN2C(=O)C2(C3=CCC(Cl)C=C3)CCC2)CC1. The number of halogens is 2. The van der Waals surface area contributed by atoms with Gasteiger partial charge in [-0.05, 0) is 56.2 Å². The first-order valence-corrected chi connectivity index (χ1v) is 14.5. The molecular weight excluding hydrogens is 521 g/mol. The summed E-state index contributed by atoms with van der Waals surface area (Å²) in [7, 11) is -3.92. The molecule has 0 spiro atoms. The molecule has 0 radical (unpaired) electrons. The lowest BCUT2D eigenvalue weighted by Gasteiger charge is -2.45. The van der Waals surface area contributed by atoms with Gasteiger partial charge in [0.05, 0.1) is 32.0 Å². The van der Waals surface area contributed by atoms with Crippen LogP contribution in [0.3, 0.4) is 0 Å². The molecule has 3 aliphatic carbocycles. The number of benzene rings is 1. The number of carbonyl (C=O) groups is 2. The first-order valence-electron chi connectivity index (χ1n) is 12.2. The maximum atomic E-state index is 14.1. The Morgan fingerprint density at radius 3 is 2.44 bits per heavy atom. The Kier molecular flexibility index (Phi) is 6.47. The number of nitrogens with one attached hydrogen (secondary N) is 1. The zero-order chi connectivity index (χ0) is 25.7. The maximum absolute atomic E-state index is 14.1. The number of likely N-dealkylation sites (tertiary alicyclic amines) is 1. The zero-order valence-corrected chi connectivity index (χ0v) is 22.0. The molecule has 10 heteroatoms. The molecular formula is C26H27Cl2N3O4S. The molecule has 1 unspecified atom stereocenters. The minimum Gasteiger partial charge on any atom is -0.336 e. The lowest BCUT2D eigenvalue weighted by Crippen LogP contribution is -2.55. The predicted octanol–water partition coefficient (Wildman–Crippen LogP) is 3.92. The number of nitrogens with zero attached hydrogens (tertiary/aromatic N) is 2. The number of sulfone groups is 1. The van der Waals surface area contributed by atoms with E-state index >= 15 is 0 Å². The van der Waals surface area contributed by atoms with Gasteiger partial charge < -0.3 is 10.2 Å². The van der Waals surface area contributed by atoms with Gasteiger partial charge in [-0.15, -0.1) is 11.6 Å². The van der Waals surface area contributed by atoms with E-state index in [4.69, 9.17) is 23.2 Å². The summed E-state index contributed by atoms with van der Waals surface area (Å²) < 4.78 is 27.1. The zero-order valence-electron chi connectivity index (χ0n) is 19.6. The van der Waals surface area contributed by atoms with Gasteiger partial charge in [0.25, 0.3) is 0 Å². The molecule has 0 aromatic heterocycles. The minimum absolute atomic E-state index is 0.00903. The third kappa shape index (κ3) is 4.25. The van der Waals surface area contributed by atoms with Gasteiger partial charge in [-0.1, -0.05) is 48.4 Å². The van der Waals surface area contributed by atoms with Crippen molar-refractivity contribution in [3.05, 3.63) is 53.1 Å². The van der Waals surface area contributed by atoms with Crippen molar-refractivity contribution in [3.63, 3.8) is 0 Å². The summed E-state index contributed by atoms with van der Waals surface area (Å²) in [4.78, 5) is 28.9. The number of hydrogen-bond acceptors (Lipinski definition) is 5. The first kappa shape index (κ1) is 25.3. The van der Waals surface area contributed by atoms with Crippen molar-refractivity contribution in [3.8, 4) is 6.07 Å². The number of rotatable bonds is 6. The largest absolute Gasteiger partial charge is 0.336 e. The van der Waals surface area contributed by atoms with Gasteiger partial charge in [-0.25, -0.2) is 8.42 Å². The van der Waals surface area contributed by atoms with Gasteiger partial charge in [0.15, 0.2) is 9.84 Å². The molecule has 5 rings (SSSR count). The quantitative estimate of drug-likeness (QED) is 0.543.